The minimum atomic E-state index is -0.722. The molecule has 0 radical (unpaired) electrons. The van der Waals surface area contributed by atoms with Gasteiger partial charge in [-0.15, -0.1) is 0 Å². The number of anilines is 1. The second-order valence-corrected chi connectivity index (χ2v) is 6.42. The number of nitriles is 1. The van der Waals surface area contributed by atoms with Crippen molar-refractivity contribution in [3.8, 4) is 6.07 Å². The van der Waals surface area contributed by atoms with E-state index in [0.29, 0.717) is 18.5 Å². The Morgan fingerprint density at radius 1 is 1.55 bits per heavy atom. The zero-order chi connectivity index (χ0) is 14.9. The fourth-order valence-corrected chi connectivity index (χ4v) is 3.39. The first kappa shape index (κ1) is 14.9. The molecule has 0 aromatic heterocycles. The Kier molecular flexibility index (Phi) is 4.05. The van der Waals surface area contributed by atoms with Crippen molar-refractivity contribution < 1.29 is 9.90 Å². The lowest BCUT2D eigenvalue weighted by molar-refractivity contribution is -0.150. The number of halogens is 1. The largest absolute Gasteiger partial charge is 0.481 e. The highest BCUT2D eigenvalue weighted by Crippen LogP contribution is 2.41. The number of rotatable bonds is 3. The number of aliphatic carboxylic acids is 1. The Morgan fingerprint density at radius 2 is 2.25 bits per heavy atom. The third-order valence-electron chi connectivity index (χ3n) is 4.25. The van der Waals surface area contributed by atoms with E-state index < -0.39 is 11.4 Å². The first-order chi connectivity index (χ1) is 9.40. The molecule has 106 valence electrons. The van der Waals surface area contributed by atoms with Crippen LogP contribution in [0.5, 0.6) is 0 Å². The minimum Gasteiger partial charge on any atom is -0.481 e. The van der Waals surface area contributed by atoms with Gasteiger partial charge in [0.15, 0.2) is 0 Å². The molecular weight excluding hydrogens is 320 g/mol. The highest BCUT2D eigenvalue weighted by atomic mass is 79.9. The summed E-state index contributed by atoms with van der Waals surface area (Å²) in [6, 6.07) is 7.50. The number of carboxylic acids is 1. The molecule has 0 spiro atoms. The predicted octanol–water partition coefficient (Wildman–Crippen LogP) is 3.26. The van der Waals surface area contributed by atoms with Gasteiger partial charge >= 0.3 is 5.97 Å². The maximum atomic E-state index is 11.6. The van der Waals surface area contributed by atoms with Crippen LogP contribution in [-0.4, -0.2) is 24.2 Å². The summed E-state index contributed by atoms with van der Waals surface area (Å²) in [7, 11) is 0. The highest BCUT2D eigenvalue weighted by Gasteiger charge is 2.47. The van der Waals surface area contributed by atoms with Crippen molar-refractivity contribution in [3.63, 3.8) is 0 Å². The molecular formula is C15H17BrN2O2. The van der Waals surface area contributed by atoms with E-state index >= 15 is 0 Å². The summed E-state index contributed by atoms with van der Waals surface area (Å²) in [4.78, 5) is 13.7. The van der Waals surface area contributed by atoms with E-state index in [0.717, 1.165) is 16.7 Å². The minimum absolute atomic E-state index is 0.0853. The fourth-order valence-electron chi connectivity index (χ4n) is 2.76. The van der Waals surface area contributed by atoms with Crippen LogP contribution >= 0.6 is 15.9 Å². The van der Waals surface area contributed by atoms with Crippen LogP contribution in [0, 0.1) is 22.7 Å². The molecule has 0 bridgehead atoms. The Balaban J connectivity index is 2.30. The van der Waals surface area contributed by atoms with Gasteiger partial charge in [0.05, 0.1) is 22.7 Å². The van der Waals surface area contributed by atoms with E-state index in [2.05, 4.69) is 26.9 Å². The van der Waals surface area contributed by atoms with Crippen LogP contribution in [-0.2, 0) is 4.79 Å². The van der Waals surface area contributed by atoms with Gasteiger partial charge in [-0.05, 0) is 46.5 Å². The topological polar surface area (TPSA) is 64.3 Å². The first-order valence-corrected chi connectivity index (χ1v) is 7.38. The van der Waals surface area contributed by atoms with Crippen molar-refractivity contribution in [2.24, 2.45) is 11.3 Å². The Bertz CT molecular complexity index is 580. The number of benzene rings is 1. The number of carboxylic acid groups (broad SMARTS) is 1. The molecule has 1 saturated heterocycles. The van der Waals surface area contributed by atoms with Crippen LogP contribution in [0.2, 0.25) is 0 Å². The second kappa shape index (κ2) is 5.45. The van der Waals surface area contributed by atoms with E-state index in [4.69, 9.17) is 5.26 Å². The summed E-state index contributed by atoms with van der Waals surface area (Å²) in [5, 5.41) is 18.5. The molecule has 1 heterocycles. The third-order valence-corrected chi connectivity index (χ3v) is 4.88. The second-order valence-electron chi connectivity index (χ2n) is 5.57. The van der Waals surface area contributed by atoms with E-state index in [1.165, 1.54) is 0 Å². The van der Waals surface area contributed by atoms with Crippen molar-refractivity contribution >= 4 is 27.6 Å². The maximum Gasteiger partial charge on any atom is 0.311 e. The molecule has 0 aliphatic carbocycles. The van der Waals surface area contributed by atoms with Gasteiger partial charge in [0.25, 0.3) is 0 Å². The van der Waals surface area contributed by atoms with Gasteiger partial charge in [-0.1, -0.05) is 13.8 Å². The normalized spacial score (nSPS) is 22.1. The Hall–Kier alpha value is -1.54. The molecule has 0 saturated carbocycles. The van der Waals surface area contributed by atoms with Gasteiger partial charge < -0.3 is 10.0 Å². The summed E-state index contributed by atoms with van der Waals surface area (Å²) in [5.41, 5.74) is 0.855. The zero-order valence-electron chi connectivity index (χ0n) is 11.6. The number of carbonyl (C=O) groups is 1. The molecule has 1 unspecified atom stereocenters. The van der Waals surface area contributed by atoms with Crippen LogP contribution in [0.4, 0.5) is 5.69 Å². The summed E-state index contributed by atoms with van der Waals surface area (Å²) in [5.74, 6) is -0.637. The van der Waals surface area contributed by atoms with Crippen molar-refractivity contribution in [1.29, 1.82) is 5.26 Å². The third kappa shape index (κ3) is 2.40. The molecule has 5 heteroatoms. The predicted molar refractivity (Wildman–Crippen MR) is 80.6 cm³/mol. The summed E-state index contributed by atoms with van der Waals surface area (Å²) >= 11 is 3.47. The number of hydrogen-bond acceptors (Lipinski definition) is 3. The van der Waals surface area contributed by atoms with E-state index in [9.17, 15) is 9.90 Å². The van der Waals surface area contributed by atoms with Gasteiger partial charge in [0.2, 0.25) is 0 Å². The maximum absolute atomic E-state index is 11.6. The number of nitrogens with zero attached hydrogens (tertiary/aromatic N) is 2. The Labute approximate surface area is 127 Å². The quantitative estimate of drug-likeness (QED) is 0.920. The van der Waals surface area contributed by atoms with Crippen LogP contribution in [0.1, 0.15) is 25.8 Å². The molecule has 4 nitrogen and oxygen atoms in total. The molecule has 1 aromatic rings. The van der Waals surface area contributed by atoms with Crippen molar-refractivity contribution in [2.75, 3.05) is 18.0 Å². The molecule has 1 aliphatic heterocycles. The van der Waals surface area contributed by atoms with Gasteiger partial charge in [-0.25, -0.2) is 0 Å². The van der Waals surface area contributed by atoms with Crippen LogP contribution < -0.4 is 4.90 Å². The molecule has 20 heavy (non-hydrogen) atoms. The molecule has 1 aromatic carbocycles. The zero-order valence-corrected chi connectivity index (χ0v) is 13.1. The van der Waals surface area contributed by atoms with Gasteiger partial charge in [0, 0.05) is 17.6 Å². The molecule has 1 fully saturated rings. The monoisotopic (exact) mass is 336 g/mol. The smallest absolute Gasteiger partial charge is 0.311 e. The van der Waals surface area contributed by atoms with Crippen molar-refractivity contribution in [3.05, 3.63) is 28.2 Å². The van der Waals surface area contributed by atoms with Crippen molar-refractivity contribution in [1.82, 2.24) is 0 Å². The molecule has 1 atom stereocenters. The van der Waals surface area contributed by atoms with Gasteiger partial charge in [-0.2, -0.15) is 5.26 Å². The SMILES string of the molecule is CC(C)C1(C(=O)O)CCN(c2ccc(C#N)cc2Br)C1. The van der Waals surface area contributed by atoms with Crippen LogP contribution in [0.3, 0.4) is 0 Å². The summed E-state index contributed by atoms with van der Waals surface area (Å²) < 4.78 is 0.835. The molecule has 0 amide bonds. The first-order valence-electron chi connectivity index (χ1n) is 6.58. The average molecular weight is 337 g/mol. The lowest BCUT2D eigenvalue weighted by Crippen LogP contribution is -2.39. The summed E-state index contributed by atoms with van der Waals surface area (Å²) in [6.07, 6.45) is 0.645. The molecule has 1 N–H and O–H groups in total. The Morgan fingerprint density at radius 3 is 2.70 bits per heavy atom. The van der Waals surface area contributed by atoms with Crippen LogP contribution in [0.15, 0.2) is 22.7 Å². The average Bonchev–Trinajstić information content (AvgIpc) is 2.84. The lowest BCUT2D eigenvalue weighted by Gasteiger charge is -2.29. The van der Waals surface area contributed by atoms with E-state index in [1.807, 2.05) is 19.9 Å². The molecule has 1 aliphatic rings. The standard InChI is InChI=1S/C15H17BrN2O2/c1-10(2)15(14(19)20)5-6-18(9-15)13-4-3-11(8-17)7-12(13)16/h3-4,7,10H,5-6,9H2,1-2H3,(H,19,20). The number of hydrogen-bond donors (Lipinski definition) is 1. The van der Waals surface area contributed by atoms with E-state index in [1.54, 1.807) is 12.1 Å². The van der Waals surface area contributed by atoms with E-state index in [-0.39, 0.29) is 5.92 Å². The van der Waals surface area contributed by atoms with Gasteiger partial charge in [0.1, 0.15) is 0 Å². The fraction of sp³-hybridized carbons (Fsp3) is 0.467. The van der Waals surface area contributed by atoms with Crippen LogP contribution in [0.25, 0.3) is 0 Å². The van der Waals surface area contributed by atoms with Crippen molar-refractivity contribution in [2.45, 2.75) is 20.3 Å². The molecule has 2 rings (SSSR count). The highest BCUT2D eigenvalue weighted by molar-refractivity contribution is 9.10. The van der Waals surface area contributed by atoms with Gasteiger partial charge in [-0.3, -0.25) is 4.79 Å². The summed E-state index contributed by atoms with van der Waals surface area (Å²) in [6.45, 7) is 5.15. The lowest BCUT2D eigenvalue weighted by atomic mass is 9.76.